The third-order valence-electron chi connectivity index (χ3n) is 3.60. The highest BCUT2D eigenvalue weighted by molar-refractivity contribution is 7.98. The lowest BCUT2D eigenvalue weighted by atomic mass is 10.3. The Morgan fingerprint density at radius 3 is 2.85 bits per heavy atom. The summed E-state index contributed by atoms with van der Waals surface area (Å²) in [5, 5.41) is 3.61. The lowest BCUT2D eigenvalue weighted by Gasteiger charge is -2.07. The van der Waals surface area contributed by atoms with Gasteiger partial charge in [0.2, 0.25) is 0 Å². The summed E-state index contributed by atoms with van der Waals surface area (Å²) in [5.41, 5.74) is 1.63. The van der Waals surface area contributed by atoms with Crippen LogP contribution >= 0.6 is 23.1 Å². The number of carbonyl (C=O) groups is 2. The van der Waals surface area contributed by atoms with Crippen LogP contribution in [0.3, 0.4) is 0 Å². The minimum atomic E-state index is -0.405. The van der Waals surface area contributed by atoms with Gasteiger partial charge in [0.05, 0.1) is 21.6 Å². The van der Waals surface area contributed by atoms with Gasteiger partial charge in [0, 0.05) is 17.0 Å². The van der Waals surface area contributed by atoms with E-state index in [2.05, 4.69) is 10.3 Å². The highest BCUT2D eigenvalue weighted by Crippen LogP contribution is 2.22. The maximum Gasteiger partial charge on any atom is 0.306 e. The van der Waals surface area contributed by atoms with Crippen LogP contribution in [-0.4, -0.2) is 29.7 Å². The molecule has 1 heterocycles. The first kappa shape index (κ1) is 18.4. The van der Waals surface area contributed by atoms with E-state index in [0.717, 1.165) is 20.1 Å². The number of hydrogen-bond donors (Lipinski definition) is 1. The van der Waals surface area contributed by atoms with E-state index >= 15 is 0 Å². The van der Waals surface area contributed by atoms with E-state index in [1.54, 1.807) is 29.2 Å². The number of anilines is 1. The third kappa shape index (κ3) is 5.06. The maximum atomic E-state index is 11.9. The smallest absolute Gasteiger partial charge is 0.306 e. The minimum absolute atomic E-state index is 0.203. The summed E-state index contributed by atoms with van der Waals surface area (Å²) < 4.78 is 6.15. The molecule has 7 heteroatoms. The van der Waals surface area contributed by atoms with E-state index in [9.17, 15) is 9.59 Å². The van der Waals surface area contributed by atoms with E-state index in [0.29, 0.717) is 12.1 Å². The van der Waals surface area contributed by atoms with Gasteiger partial charge >= 0.3 is 5.97 Å². The number of aromatic nitrogens is 1. The summed E-state index contributed by atoms with van der Waals surface area (Å²) in [7, 11) is 0. The first-order valence-corrected chi connectivity index (χ1v) is 10.1. The second-order valence-corrected chi connectivity index (χ2v) is 7.51. The molecule has 3 rings (SSSR count). The van der Waals surface area contributed by atoms with Gasteiger partial charge in [0.25, 0.3) is 5.91 Å². The standard InChI is InChI=1S/C19H18N2O3S2/c1-25-14-6-4-5-13(11-14)20-17(22)12-24-19(23)10-9-18-21-15-7-2-3-8-16(15)26-18/h2-8,11H,9-10,12H2,1H3,(H,20,22). The number of para-hydroxylation sites is 1. The lowest BCUT2D eigenvalue weighted by molar-refractivity contribution is -0.147. The fourth-order valence-electron chi connectivity index (χ4n) is 2.35. The number of hydrogen-bond acceptors (Lipinski definition) is 6. The van der Waals surface area contributed by atoms with Gasteiger partial charge in [-0.05, 0) is 36.6 Å². The highest BCUT2D eigenvalue weighted by atomic mass is 32.2. The number of aryl methyl sites for hydroxylation is 1. The molecule has 5 nitrogen and oxygen atoms in total. The van der Waals surface area contributed by atoms with Crippen LogP contribution in [0.1, 0.15) is 11.4 Å². The highest BCUT2D eigenvalue weighted by Gasteiger charge is 2.10. The average molecular weight is 386 g/mol. The summed E-state index contributed by atoms with van der Waals surface area (Å²) in [5.74, 6) is -0.756. The van der Waals surface area contributed by atoms with Crippen molar-refractivity contribution in [2.45, 2.75) is 17.7 Å². The zero-order valence-corrected chi connectivity index (χ0v) is 15.9. The molecule has 3 aromatic rings. The molecule has 0 saturated carbocycles. The molecule has 0 aliphatic rings. The molecular weight excluding hydrogens is 368 g/mol. The number of esters is 1. The molecule has 0 aliphatic carbocycles. The van der Waals surface area contributed by atoms with Gasteiger partial charge in [-0.15, -0.1) is 23.1 Å². The predicted octanol–water partition coefficient (Wildman–Crippen LogP) is 4.13. The number of nitrogens with zero attached hydrogens (tertiary/aromatic N) is 1. The third-order valence-corrected chi connectivity index (χ3v) is 5.42. The molecule has 0 aliphatic heterocycles. The maximum absolute atomic E-state index is 11.9. The molecule has 134 valence electrons. The second-order valence-electron chi connectivity index (χ2n) is 5.52. The SMILES string of the molecule is CSc1cccc(NC(=O)COC(=O)CCc2nc3ccccc3s2)c1. The molecule has 0 atom stereocenters. The number of amides is 1. The molecular formula is C19H18N2O3S2. The number of carbonyl (C=O) groups excluding carboxylic acids is 2. The number of thioether (sulfide) groups is 1. The Balaban J connectivity index is 1.43. The van der Waals surface area contributed by atoms with Crippen molar-refractivity contribution >= 4 is 50.9 Å². The summed E-state index contributed by atoms with van der Waals surface area (Å²) in [6.45, 7) is -0.290. The Hall–Kier alpha value is -2.38. The van der Waals surface area contributed by atoms with Gasteiger partial charge < -0.3 is 10.1 Å². The summed E-state index contributed by atoms with van der Waals surface area (Å²) in [6, 6.07) is 15.4. The zero-order valence-electron chi connectivity index (χ0n) is 14.2. The van der Waals surface area contributed by atoms with Crippen LogP contribution in [-0.2, 0) is 20.7 Å². The normalized spacial score (nSPS) is 10.7. The number of fused-ring (bicyclic) bond motifs is 1. The second kappa shape index (κ2) is 8.82. The summed E-state index contributed by atoms with van der Waals surface area (Å²) >= 11 is 3.16. The van der Waals surface area contributed by atoms with Crippen LogP contribution in [0.25, 0.3) is 10.2 Å². The van der Waals surface area contributed by atoms with E-state index in [4.69, 9.17) is 4.74 Å². The van der Waals surface area contributed by atoms with Gasteiger partial charge in [0.1, 0.15) is 0 Å². The number of rotatable bonds is 7. The van der Waals surface area contributed by atoms with Crippen LogP contribution in [0.2, 0.25) is 0 Å². The monoisotopic (exact) mass is 386 g/mol. The zero-order chi connectivity index (χ0) is 18.4. The molecule has 0 fully saturated rings. The van der Waals surface area contributed by atoms with Crippen molar-refractivity contribution in [3.8, 4) is 0 Å². The number of thiazole rings is 1. The van der Waals surface area contributed by atoms with Crippen molar-refractivity contribution in [1.82, 2.24) is 4.98 Å². The fraction of sp³-hybridized carbons (Fsp3) is 0.211. The van der Waals surface area contributed by atoms with Crippen molar-refractivity contribution in [1.29, 1.82) is 0 Å². The largest absolute Gasteiger partial charge is 0.456 e. The molecule has 26 heavy (non-hydrogen) atoms. The molecule has 0 unspecified atom stereocenters. The van der Waals surface area contributed by atoms with Gasteiger partial charge in [-0.25, -0.2) is 4.98 Å². The molecule has 2 aromatic carbocycles. The van der Waals surface area contributed by atoms with Crippen LogP contribution in [0.4, 0.5) is 5.69 Å². The van der Waals surface area contributed by atoms with Crippen molar-refractivity contribution in [2.75, 3.05) is 18.2 Å². The van der Waals surface area contributed by atoms with Gasteiger partial charge in [-0.1, -0.05) is 18.2 Å². The molecule has 0 saturated heterocycles. The number of ether oxygens (including phenoxy) is 1. The van der Waals surface area contributed by atoms with E-state index in [1.165, 1.54) is 0 Å². The van der Waals surface area contributed by atoms with Gasteiger partial charge in [0.15, 0.2) is 6.61 Å². The molecule has 0 radical (unpaired) electrons. The van der Waals surface area contributed by atoms with Crippen molar-refractivity contribution < 1.29 is 14.3 Å². The molecule has 1 N–H and O–H groups in total. The van der Waals surface area contributed by atoms with Crippen molar-refractivity contribution in [3.63, 3.8) is 0 Å². The first-order valence-electron chi connectivity index (χ1n) is 8.08. The van der Waals surface area contributed by atoms with Crippen molar-refractivity contribution in [3.05, 3.63) is 53.5 Å². The molecule has 1 amide bonds. The molecule has 1 aromatic heterocycles. The topological polar surface area (TPSA) is 68.3 Å². The van der Waals surface area contributed by atoms with E-state index < -0.39 is 5.97 Å². The minimum Gasteiger partial charge on any atom is -0.456 e. The first-order chi connectivity index (χ1) is 12.6. The molecule has 0 bridgehead atoms. The van der Waals surface area contributed by atoms with Gasteiger partial charge in [-0.2, -0.15) is 0 Å². The van der Waals surface area contributed by atoms with Gasteiger partial charge in [-0.3, -0.25) is 9.59 Å². The van der Waals surface area contributed by atoms with Crippen LogP contribution in [0, 0.1) is 0 Å². The van der Waals surface area contributed by atoms with Crippen molar-refractivity contribution in [2.24, 2.45) is 0 Å². The van der Waals surface area contributed by atoms with Crippen LogP contribution < -0.4 is 5.32 Å². The Labute approximate surface area is 159 Å². The van der Waals surface area contributed by atoms with Crippen LogP contribution in [0.5, 0.6) is 0 Å². The Bertz CT molecular complexity index is 891. The lowest BCUT2D eigenvalue weighted by Crippen LogP contribution is -2.21. The fourth-order valence-corrected chi connectivity index (χ4v) is 3.78. The average Bonchev–Trinajstić information content (AvgIpc) is 3.08. The summed E-state index contributed by atoms with van der Waals surface area (Å²) in [6.07, 6.45) is 2.68. The van der Waals surface area contributed by atoms with E-state index in [-0.39, 0.29) is 18.9 Å². The Kier molecular flexibility index (Phi) is 6.25. The molecule has 0 spiro atoms. The number of benzene rings is 2. The number of nitrogens with one attached hydrogen (secondary N) is 1. The van der Waals surface area contributed by atoms with E-state index in [1.807, 2.05) is 48.7 Å². The predicted molar refractivity (Wildman–Crippen MR) is 106 cm³/mol. The van der Waals surface area contributed by atoms with Crippen LogP contribution in [0.15, 0.2) is 53.4 Å². The Morgan fingerprint density at radius 1 is 1.19 bits per heavy atom. The Morgan fingerprint density at radius 2 is 2.04 bits per heavy atom. The quantitative estimate of drug-likeness (QED) is 0.488. The summed E-state index contributed by atoms with van der Waals surface area (Å²) in [4.78, 5) is 29.3.